The summed E-state index contributed by atoms with van der Waals surface area (Å²) in [6, 6.07) is 0. The summed E-state index contributed by atoms with van der Waals surface area (Å²) in [5.74, 6) is 1.44. The Morgan fingerprint density at radius 1 is 1.35 bits per heavy atom. The molecule has 0 aliphatic heterocycles. The average molecular weight is 300 g/mol. The van der Waals surface area contributed by atoms with Gasteiger partial charge >= 0.3 is 0 Å². The van der Waals surface area contributed by atoms with Gasteiger partial charge in [-0.25, -0.2) is 0 Å². The van der Waals surface area contributed by atoms with E-state index in [9.17, 15) is 0 Å². The number of hydrogen-bond acceptors (Lipinski definition) is 2. The minimum Gasteiger partial charge on any atom is -0.330 e. The van der Waals surface area contributed by atoms with Gasteiger partial charge in [0, 0.05) is 7.05 Å². The lowest BCUT2D eigenvalue weighted by atomic mass is 9.77. The first-order valence-corrected chi connectivity index (χ1v) is 7.30. The lowest BCUT2D eigenvalue weighted by Crippen LogP contribution is -2.28. The fraction of sp³-hybridized carbons (Fsp3) is 0.769. The van der Waals surface area contributed by atoms with Crippen molar-refractivity contribution in [1.82, 2.24) is 9.78 Å². The van der Waals surface area contributed by atoms with Crippen molar-refractivity contribution in [2.24, 2.45) is 24.6 Å². The van der Waals surface area contributed by atoms with E-state index < -0.39 is 0 Å². The molecule has 2 rings (SSSR count). The van der Waals surface area contributed by atoms with Crippen LogP contribution >= 0.6 is 15.9 Å². The number of rotatable bonds is 3. The number of halogens is 1. The van der Waals surface area contributed by atoms with Gasteiger partial charge in [0.05, 0.1) is 15.9 Å². The molecule has 0 spiro atoms. The second-order valence-electron chi connectivity index (χ2n) is 5.21. The molecule has 17 heavy (non-hydrogen) atoms. The van der Waals surface area contributed by atoms with Gasteiger partial charge in [0.1, 0.15) is 0 Å². The maximum atomic E-state index is 5.89. The smallest absolute Gasteiger partial charge is 0.0738 e. The summed E-state index contributed by atoms with van der Waals surface area (Å²) in [5, 5.41) is 4.47. The molecule has 0 amide bonds. The third-order valence-electron chi connectivity index (χ3n) is 4.09. The molecule has 0 saturated heterocycles. The zero-order valence-electron chi connectivity index (χ0n) is 10.7. The van der Waals surface area contributed by atoms with Crippen molar-refractivity contribution in [2.75, 3.05) is 6.54 Å². The molecule has 2 unspecified atom stereocenters. The van der Waals surface area contributed by atoms with Crippen molar-refractivity contribution in [2.45, 2.75) is 39.0 Å². The molecular weight excluding hydrogens is 278 g/mol. The first-order valence-electron chi connectivity index (χ1n) is 6.51. The van der Waals surface area contributed by atoms with Crippen molar-refractivity contribution < 1.29 is 0 Å². The maximum absolute atomic E-state index is 5.89. The van der Waals surface area contributed by atoms with Crippen LogP contribution in [-0.4, -0.2) is 16.3 Å². The molecule has 1 aliphatic carbocycles. The average Bonchev–Trinajstić information content (AvgIpc) is 2.57. The fourth-order valence-electron chi connectivity index (χ4n) is 3.01. The second kappa shape index (κ2) is 5.53. The van der Waals surface area contributed by atoms with Crippen LogP contribution in [0.5, 0.6) is 0 Å². The number of hydrogen-bond donors (Lipinski definition) is 1. The predicted molar refractivity (Wildman–Crippen MR) is 73.9 cm³/mol. The standard InChI is InChI=1S/C13H22BrN3/c1-9-13(14)12(17(2)16-9)7-10-5-3-4-6-11(10)8-15/h10-11H,3-8,15H2,1-2H3. The summed E-state index contributed by atoms with van der Waals surface area (Å²) in [7, 11) is 2.04. The SMILES string of the molecule is Cc1nn(C)c(CC2CCCCC2CN)c1Br. The second-order valence-corrected chi connectivity index (χ2v) is 6.01. The molecule has 1 aromatic rings. The van der Waals surface area contributed by atoms with Crippen LogP contribution in [0.15, 0.2) is 4.47 Å². The molecular formula is C13H22BrN3. The Bertz CT molecular complexity index is 386. The minimum absolute atomic E-state index is 0.700. The van der Waals surface area contributed by atoms with Crippen molar-refractivity contribution in [1.29, 1.82) is 0 Å². The van der Waals surface area contributed by atoms with Gasteiger partial charge in [0.2, 0.25) is 0 Å². The summed E-state index contributed by atoms with van der Waals surface area (Å²) >= 11 is 3.66. The van der Waals surface area contributed by atoms with E-state index >= 15 is 0 Å². The molecule has 0 aromatic carbocycles. The largest absolute Gasteiger partial charge is 0.330 e. The summed E-state index contributed by atoms with van der Waals surface area (Å²) in [4.78, 5) is 0. The van der Waals surface area contributed by atoms with E-state index in [4.69, 9.17) is 5.73 Å². The Balaban J connectivity index is 2.13. The van der Waals surface area contributed by atoms with Crippen LogP contribution in [0.1, 0.15) is 37.1 Å². The minimum atomic E-state index is 0.700. The summed E-state index contributed by atoms with van der Waals surface area (Å²) in [6.45, 7) is 2.88. The number of aromatic nitrogens is 2. The van der Waals surface area contributed by atoms with Gasteiger partial charge in [-0.05, 0) is 60.5 Å². The van der Waals surface area contributed by atoms with Gasteiger partial charge in [-0.15, -0.1) is 0 Å². The summed E-state index contributed by atoms with van der Waals surface area (Å²) in [5.41, 5.74) is 8.31. The van der Waals surface area contributed by atoms with E-state index in [-0.39, 0.29) is 0 Å². The Kier molecular flexibility index (Phi) is 4.26. The van der Waals surface area contributed by atoms with Crippen LogP contribution in [0, 0.1) is 18.8 Å². The van der Waals surface area contributed by atoms with E-state index in [1.807, 2.05) is 11.7 Å². The summed E-state index contributed by atoms with van der Waals surface area (Å²) in [6.07, 6.45) is 6.44. The van der Waals surface area contributed by atoms with Gasteiger partial charge in [0.15, 0.2) is 0 Å². The highest BCUT2D eigenvalue weighted by atomic mass is 79.9. The van der Waals surface area contributed by atoms with E-state index in [2.05, 4.69) is 28.0 Å². The lowest BCUT2D eigenvalue weighted by Gasteiger charge is -2.30. The topological polar surface area (TPSA) is 43.8 Å². The van der Waals surface area contributed by atoms with Crippen LogP contribution in [0.4, 0.5) is 0 Å². The van der Waals surface area contributed by atoms with E-state index in [0.717, 1.165) is 24.6 Å². The summed E-state index contributed by atoms with van der Waals surface area (Å²) < 4.78 is 3.20. The van der Waals surface area contributed by atoms with Gasteiger partial charge in [-0.2, -0.15) is 5.10 Å². The molecule has 3 nitrogen and oxygen atoms in total. The monoisotopic (exact) mass is 299 g/mol. The zero-order chi connectivity index (χ0) is 12.4. The van der Waals surface area contributed by atoms with Crippen LogP contribution in [0.2, 0.25) is 0 Å². The third-order valence-corrected chi connectivity index (χ3v) is 5.12. The highest BCUT2D eigenvalue weighted by Crippen LogP contribution is 2.34. The Morgan fingerprint density at radius 2 is 2.00 bits per heavy atom. The molecule has 0 bridgehead atoms. The predicted octanol–water partition coefficient (Wildman–Crippen LogP) is 2.80. The molecule has 1 heterocycles. The maximum Gasteiger partial charge on any atom is 0.0738 e. The van der Waals surface area contributed by atoms with Crippen LogP contribution < -0.4 is 5.73 Å². The molecule has 1 saturated carbocycles. The van der Waals surface area contributed by atoms with Gasteiger partial charge < -0.3 is 5.73 Å². The number of nitrogens with zero attached hydrogens (tertiary/aromatic N) is 2. The molecule has 1 aliphatic rings. The molecule has 2 N–H and O–H groups in total. The Labute approximate surface area is 112 Å². The van der Waals surface area contributed by atoms with Crippen LogP contribution in [-0.2, 0) is 13.5 Å². The van der Waals surface area contributed by atoms with Crippen molar-refractivity contribution in [3.8, 4) is 0 Å². The van der Waals surface area contributed by atoms with E-state index in [1.165, 1.54) is 35.8 Å². The van der Waals surface area contributed by atoms with Crippen molar-refractivity contribution in [3.05, 3.63) is 15.9 Å². The van der Waals surface area contributed by atoms with Crippen LogP contribution in [0.25, 0.3) is 0 Å². The Hall–Kier alpha value is -0.350. The molecule has 4 heteroatoms. The molecule has 0 radical (unpaired) electrons. The normalized spacial score (nSPS) is 25.2. The molecule has 96 valence electrons. The number of aryl methyl sites for hydroxylation is 2. The van der Waals surface area contributed by atoms with Gasteiger partial charge in [0.25, 0.3) is 0 Å². The fourth-order valence-corrected chi connectivity index (χ4v) is 3.51. The highest BCUT2D eigenvalue weighted by Gasteiger charge is 2.26. The Morgan fingerprint density at radius 3 is 2.53 bits per heavy atom. The van der Waals surface area contributed by atoms with E-state index in [0.29, 0.717) is 5.92 Å². The van der Waals surface area contributed by atoms with Gasteiger partial charge in [-0.3, -0.25) is 4.68 Å². The first-order chi connectivity index (χ1) is 8.13. The van der Waals surface area contributed by atoms with Crippen molar-refractivity contribution >= 4 is 15.9 Å². The molecule has 1 fully saturated rings. The van der Waals surface area contributed by atoms with Crippen molar-refractivity contribution in [3.63, 3.8) is 0 Å². The zero-order valence-corrected chi connectivity index (χ0v) is 12.3. The quantitative estimate of drug-likeness (QED) is 0.933. The van der Waals surface area contributed by atoms with Crippen LogP contribution in [0.3, 0.4) is 0 Å². The third kappa shape index (κ3) is 2.74. The first kappa shape index (κ1) is 13.1. The van der Waals surface area contributed by atoms with Gasteiger partial charge in [-0.1, -0.05) is 12.8 Å². The highest BCUT2D eigenvalue weighted by molar-refractivity contribution is 9.10. The van der Waals surface area contributed by atoms with E-state index in [1.54, 1.807) is 0 Å². The molecule has 1 aromatic heterocycles. The molecule has 2 atom stereocenters. The number of nitrogens with two attached hydrogens (primary N) is 1. The lowest BCUT2D eigenvalue weighted by molar-refractivity contribution is 0.238.